The molecule has 0 bridgehead atoms. The van der Waals surface area contributed by atoms with E-state index in [1.54, 1.807) is 0 Å². The lowest BCUT2D eigenvalue weighted by molar-refractivity contribution is -0.146. The van der Waals surface area contributed by atoms with E-state index in [1.165, 1.54) is 6.20 Å². The van der Waals surface area contributed by atoms with Crippen LogP contribution >= 0.6 is 11.6 Å². The fourth-order valence-electron chi connectivity index (χ4n) is 3.07. The monoisotopic (exact) mass is 353 g/mol. The van der Waals surface area contributed by atoms with Crippen molar-refractivity contribution in [1.29, 1.82) is 0 Å². The Balaban J connectivity index is 2.23. The highest BCUT2D eigenvalue weighted by Gasteiger charge is 2.43. The van der Waals surface area contributed by atoms with Crippen molar-refractivity contribution in [2.75, 3.05) is 0 Å². The Kier molecular flexibility index (Phi) is 5.80. The summed E-state index contributed by atoms with van der Waals surface area (Å²) in [6.07, 6.45) is 4.84. The molecule has 1 aliphatic rings. The molecule has 1 aliphatic carbocycles. The van der Waals surface area contributed by atoms with Gasteiger partial charge in [0.15, 0.2) is 0 Å². The number of amides is 1. The molecule has 2 N–H and O–H groups in total. The molecule has 0 aromatic carbocycles. The fourth-order valence-corrected chi connectivity index (χ4v) is 3.24. The van der Waals surface area contributed by atoms with Gasteiger partial charge in [0.1, 0.15) is 17.1 Å². The maximum atomic E-state index is 12.6. The Morgan fingerprint density at radius 1 is 1.42 bits per heavy atom. The molecule has 0 aliphatic heterocycles. The van der Waals surface area contributed by atoms with Crippen LogP contribution in [0.15, 0.2) is 6.20 Å². The van der Waals surface area contributed by atoms with Crippen molar-refractivity contribution in [3.63, 3.8) is 0 Å². The molecule has 0 radical (unpaired) electrons. The summed E-state index contributed by atoms with van der Waals surface area (Å²) in [6.45, 7) is 5.93. The minimum absolute atomic E-state index is 0.0357. The van der Waals surface area contributed by atoms with Crippen LogP contribution in [0.25, 0.3) is 0 Å². The number of carbonyl (C=O) groups is 2. The van der Waals surface area contributed by atoms with Crippen LogP contribution in [0.3, 0.4) is 0 Å². The molecule has 1 saturated carbocycles. The molecule has 0 atom stereocenters. The second-order valence-corrected chi connectivity index (χ2v) is 7.18. The van der Waals surface area contributed by atoms with Gasteiger partial charge >= 0.3 is 5.97 Å². The molecule has 0 saturated heterocycles. The lowest BCUT2D eigenvalue weighted by Gasteiger charge is -2.37. The van der Waals surface area contributed by atoms with Crippen molar-refractivity contribution in [1.82, 2.24) is 15.3 Å². The Morgan fingerprint density at radius 2 is 2.04 bits per heavy atom. The summed E-state index contributed by atoms with van der Waals surface area (Å²) < 4.78 is 0. The molecule has 24 heavy (non-hydrogen) atoms. The van der Waals surface area contributed by atoms with Gasteiger partial charge in [-0.05, 0) is 31.6 Å². The Labute approximate surface area is 147 Å². The predicted octanol–water partition coefficient (Wildman–Crippen LogP) is 3.41. The lowest BCUT2D eigenvalue weighted by Crippen LogP contribution is -2.56. The van der Waals surface area contributed by atoms with Crippen molar-refractivity contribution < 1.29 is 14.7 Å². The largest absolute Gasteiger partial charge is 0.480 e. The molecular formula is C17H24ClN3O3. The molecule has 1 amide bonds. The molecule has 1 fully saturated rings. The van der Waals surface area contributed by atoms with Crippen LogP contribution in [0.5, 0.6) is 0 Å². The minimum Gasteiger partial charge on any atom is -0.480 e. The third-order valence-corrected chi connectivity index (χ3v) is 5.07. The second kappa shape index (κ2) is 7.47. The third-order valence-electron chi connectivity index (χ3n) is 4.79. The number of aromatic nitrogens is 2. The quantitative estimate of drug-likeness (QED) is 0.846. The zero-order chi connectivity index (χ0) is 17.9. The van der Waals surface area contributed by atoms with Gasteiger partial charge < -0.3 is 10.4 Å². The van der Waals surface area contributed by atoms with Gasteiger partial charge in [0.2, 0.25) is 0 Å². The molecule has 0 unspecified atom stereocenters. The number of hydrogen-bond donors (Lipinski definition) is 2. The Hall–Kier alpha value is -1.69. The van der Waals surface area contributed by atoms with Crippen molar-refractivity contribution in [2.24, 2.45) is 5.92 Å². The summed E-state index contributed by atoms with van der Waals surface area (Å²) in [7, 11) is 0. The van der Waals surface area contributed by atoms with Gasteiger partial charge in [0.25, 0.3) is 5.91 Å². The number of nitrogens with zero attached hydrogens (tertiary/aromatic N) is 2. The lowest BCUT2D eigenvalue weighted by atomic mass is 9.75. The van der Waals surface area contributed by atoms with Gasteiger partial charge in [-0.15, -0.1) is 0 Å². The summed E-state index contributed by atoms with van der Waals surface area (Å²) in [5, 5.41) is 12.5. The maximum absolute atomic E-state index is 12.6. The summed E-state index contributed by atoms with van der Waals surface area (Å²) in [4.78, 5) is 32.8. The number of rotatable bonds is 5. The first-order chi connectivity index (χ1) is 11.3. The van der Waals surface area contributed by atoms with Crippen LogP contribution in [0.1, 0.15) is 75.1 Å². The van der Waals surface area contributed by atoms with E-state index >= 15 is 0 Å². The van der Waals surface area contributed by atoms with Crippen molar-refractivity contribution >= 4 is 23.5 Å². The van der Waals surface area contributed by atoms with Gasteiger partial charge in [-0.1, -0.05) is 38.8 Å². The number of hydrogen-bond acceptors (Lipinski definition) is 4. The van der Waals surface area contributed by atoms with E-state index in [-0.39, 0.29) is 16.6 Å². The predicted molar refractivity (Wildman–Crippen MR) is 91.2 cm³/mol. The van der Waals surface area contributed by atoms with Gasteiger partial charge in [-0.3, -0.25) is 4.79 Å². The summed E-state index contributed by atoms with van der Waals surface area (Å²) in [5.74, 6) is -0.489. The maximum Gasteiger partial charge on any atom is 0.329 e. The van der Waals surface area contributed by atoms with Gasteiger partial charge in [-0.25, -0.2) is 14.8 Å². The van der Waals surface area contributed by atoms with E-state index in [0.717, 1.165) is 19.3 Å². The van der Waals surface area contributed by atoms with Crippen LogP contribution in [0.2, 0.25) is 5.02 Å². The summed E-state index contributed by atoms with van der Waals surface area (Å²) in [5.41, 5.74) is -1.21. The standard InChI is InChI=1S/C17H24ClN3O3/c1-4-11-5-7-17(8-6-11,16(23)24)21-15(22)13-12(18)9-19-14(20-13)10(2)3/h9-11H,4-8H2,1-3H3,(H,21,22)(H,23,24). The van der Waals surface area contributed by atoms with Crippen LogP contribution in [0, 0.1) is 5.92 Å². The highest BCUT2D eigenvalue weighted by Crippen LogP contribution is 2.34. The summed E-state index contributed by atoms with van der Waals surface area (Å²) in [6, 6.07) is 0. The van der Waals surface area contributed by atoms with E-state index in [9.17, 15) is 14.7 Å². The van der Waals surface area contributed by atoms with Crippen molar-refractivity contribution in [3.8, 4) is 0 Å². The molecule has 1 aromatic heterocycles. The smallest absolute Gasteiger partial charge is 0.329 e. The van der Waals surface area contributed by atoms with Crippen LogP contribution in [0.4, 0.5) is 0 Å². The summed E-state index contributed by atoms with van der Waals surface area (Å²) >= 11 is 6.05. The number of carboxylic acids is 1. The topological polar surface area (TPSA) is 92.2 Å². The zero-order valence-corrected chi connectivity index (χ0v) is 15.1. The molecule has 6 nitrogen and oxygen atoms in total. The van der Waals surface area contributed by atoms with Gasteiger partial charge in [0.05, 0.1) is 11.2 Å². The van der Waals surface area contributed by atoms with E-state index in [4.69, 9.17) is 11.6 Å². The second-order valence-electron chi connectivity index (χ2n) is 6.77. The van der Waals surface area contributed by atoms with E-state index in [2.05, 4.69) is 22.2 Å². The number of aliphatic carboxylic acids is 1. The Morgan fingerprint density at radius 3 is 2.54 bits per heavy atom. The average molecular weight is 354 g/mol. The first-order valence-electron chi connectivity index (χ1n) is 8.37. The number of carbonyl (C=O) groups excluding carboxylic acids is 1. The number of nitrogens with one attached hydrogen (secondary N) is 1. The molecule has 0 spiro atoms. The highest BCUT2D eigenvalue weighted by molar-refractivity contribution is 6.33. The molecule has 132 valence electrons. The van der Waals surface area contributed by atoms with Gasteiger partial charge in [-0.2, -0.15) is 0 Å². The third kappa shape index (κ3) is 3.86. The highest BCUT2D eigenvalue weighted by atomic mass is 35.5. The molecule has 2 rings (SSSR count). The van der Waals surface area contributed by atoms with Crippen molar-refractivity contribution in [3.05, 3.63) is 22.7 Å². The van der Waals surface area contributed by atoms with Crippen LogP contribution in [-0.4, -0.2) is 32.5 Å². The minimum atomic E-state index is -1.24. The number of halogens is 1. The van der Waals surface area contributed by atoms with Crippen LogP contribution < -0.4 is 5.32 Å². The molecule has 1 aromatic rings. The number of carboxylic acid groups (broad SMARTS) is 1. The zero-order valence-electron chi connectivity index (χ0n) is 14.3. The van der Waals surface area contributed by atoms with Gasteiger partial charge in [0, 0.05) is 5.92 Å². The van der Waals surface area contributed by atoms with E-state index < -0.39 is 17.4 Å². The fraction of sp³-hybridized carbons (Fsp3) is 0.647. The first kappa shape index (κ1) is 18.6. The van der Waals surface area contributed by atoms with Crippen molar-refractivity contribution in [2.45, 2.75) is 64.3 Å². The van der Waals surface area contributed by atoms with E-state index in [0.29, 0.717) is 24.6 Å². The normalized spacial score (nSPS) is 24.0. The molecular weight excluding hydrogens is 330 g/mol. The molecule has 7 heteroatoms. The van der Waals surface area contributed by atoms with Crippen LogP contribution in [-0.2, 0) is 4.79 Å². The molecule has 1 heterocycles. The first-order valence-corrected chi connectivity index (χ1v) is 8.75. The average Bonchev–Trinajstić information content (AvgIpc) is 2.55. The Bertz CT molecular complexity index is 626. The SMILES string of the molecule is CCC1CCC(NC(=O)c2nc(C(C)C)ncc2Cl)(C(=O)O)CC1. The van der Waals surface area contributed by atoms with E-state index in [1.807, 2.05) is 13.8 Å².